The van der Waals surface area contributed by atoms with Crippen molar-refractivity contribution in [2.75, 3.05) is 6.54 Å². The molecule has 0 aromatic heterocycles. The lowest BCUT2D eigenvalue weighted by Gasteiger charge is -2.11. The summed E-state index contributed by atoms with van der Waals surface area (Å²) in [5.74, 6) is -0.196. The first-order valence-corrected chi connectivity index (χ1v) is 10.5. The van der Waals surface area contributed by atoms with Crippen LogP contribution in [-0.2, 0) is 9.53 Å². The van der Waals surface area contributed by atoms with Crippen molar-refractivity contribution in [2.24, 2.45) is 11.5 Å². The minimum Gasteiger partial charge on any atom is -0.447 e. The van der Waals surface area contributed by atoms with Gasteiger partial charge in [-0.15, -0.1) is 0 Å². The number of rotatable bonds is 18. The number of unbranched alkanes of at least 4 members (excludes halogenated alkanes) is 11. The maximum atomic E-state index is 11.5. The lowest BCUT2D eigenvalue weighted by molar-refractivity contribution is -0.149. The molecule has 148 valence electrons. The maximum Gasteiger partial charge on any atom is 0.307 e. The third-order valence-corrected chi connectivity index (χ3v) is 4.38. The molecule has 0 heterocycles. The molecule has 4 heteroatoms. The van der Waals surface area contributed by atoms with Crippen LogP contribution in [0.2, 0.25) is 0 Å². The average molecular weight is 355 g/mol. The van der Waals surface area contributed by atoms with E-state index in [4.69, 9.17) is 16.2 Å². The van der Waals surface area contributed by atoms with Crippen LogP contribution < -0.4 is 11.5 Å². The molecule has 0 rings (SSSR count). The Morgan fingerprint density at radius 1 is 0.880 bits per heavy atom. The van der Waals surface area contributed by atoms with Crippen molar-refractivity contribution in [2.45, 2.75) is 109 Å². The summed E-state index contributed by atoms with van der Waals surface area (Å²) in [5, 5.41) is 0. The zero-order chi connectivity index (χ0) is 18.6. The first-order valence-electron chi connectivity index (χ1n) is 10.5. The molecule has 4 nitrogen and oxygen atoms in total. The van der Waals surface area contributed by atoms with Crippen LogP contribution in [0.25, 0.3) is 0 Å². The molecule has 0 saturated heterocycles. The Bertz CT molecular complexity index is 319. The van der Waals surface area contributed by atoms with Gasteiger partial charge in [0.1, 0.15) is 0 Å². The molecule has 0 aliphatic heterocycles. The molecule has 0 aliphatic carbocycles. The Hall–Kier alpha value is -0.870. The topological polar surface area (TPSA) is 78.3 Å². The third-order valence-electron chi connectivity index (χ3n) is 4.38. The van der Waals surface area contributed by atoms with Crippen LogP contribution in [0.3, 0.4) is 0 Å². The standard InChI is InChI=1S/C21H42N2O2/c1-2-3-4-5-6-7-8-9-10-11-12-13-14-15-16-17-21(24)25-20(23)18-19-22/h9-10,20H,2-8,11-19,22-23H2,1H3/b10-9-. The molecular weight excluding hydrogens is 312 g/mol. The van der Waals surface area contributed by atoms with E-state index in [1.54, 1.807) is 0 Å². The lowest BCUT2D eigenvalue weighted by Crippen LogP contribution is -2.29. The first kappa shape index (κ1) is 24.1. The molecule has 0 aromatic carbocycles. The summed E-state index contributed by atoms with van der Waals surface area (Å²) < 4.78 is 5.06. The number of nitrogens with two attached hydrogens (primary N) is 2. The van der Waals surface area contributed by atoms with Crippen LogP contribution >= 0.6 is 0 Å². The smallest absolute Gasteiger partial charge is 0.307 e. The Morgan fingerprint density at radius 2 is 1.40 bits per heavy atom. The summed E-state index contributed by atoms with van der Waals surface area (Å²) in [5.41, 5.74) is 11.0. The van der Waals surface area contributed by atoms with E-state index < -0.39 is 6.23 Å². The van der Waals surface area contributed by atoms with Gasteiger partial charge in [-0.25, -0.2) is 0 Å². The summed E-state index contributed by atoms with van der Waals surface area (Å²) in [4.78, 5) is 11.5. The van der Waals surface area contributed by atoms with Crippen molar-refractivity contribution >= 4 is 5.97 Å². The predicted molar refractivity (Wildman–Crippen MR) is 107 cm³/mol. The minimum absolute atomic E-state index is 0.196. The number of allylic oxidation sites excluding steroid dienone is 2. The first-order chi connectivity index (χ1) is 12.2. The molecule has 1 unspecified atom stereocenters. The Labute approximate surface area is 155 Å². The van der Waals surface area contributed by atoms with Gasteiger partial charge in [0.15, 0.2) is 6.23 Å². The molecule has 0 spiro atoms. The Balaban J connectivity index is 3.25. The molecule has 0 radical (unpaired) electrons. The number of esters is 1. The molecule has 0 amide bonds. The Morgan fingerprint density at radius 3 is 1.96 bits per heavy atom. The molecule has 0 aromatic rings. The van der Waals surface area contributed by atoms with Crippen LogP contribution in [-0.4, -0.2) is 18.7 Å². The van der Waals surface area contributed by atoms with Gasteiger partial charge in [-0.1, -0.05) is 70.4 Å². The van der Waals surface area contributed by atoms with Gasteiger partial charge in [0.05, 0.1) is 0 Å². The lowest BCUT2D eigenvalue weighted by atomic mass is 10.1. The fourth-order valence-corrected chi connectivity index (χ4v) is 2.79. The number of hydrogen-bond acceptors (Lipinski definition) is 4. The normalized spacial score (nSPS) is 12.6. The van der Waals surface area contributed by atoms with Gasteiger partial charge in [0.25, 0.3) is 0 Å². The van der Waals surface area contributed by atoms with Gasteiger partial charge in [-0.3, -0.25) is 10.5 Å². The van der Waals surface area contributed by atoms with Crippen molar-refractivity contribution < 1.29 is 9.53 Å². The molecule has 0 saturated carbocycles. The van der Waals surface area contributed by atoms with Crippen molar-refractivity contribution in [1.29, 1.82) is 0 Å². The highest BCUT2D eigenvalue weighted by Gasteiger charge is 2.08. The zero-order valence-corrected chi connectivity index (χ0v) is 16.5. The number of carbonyl (C=O) groups is 1. The number of hydrogen-bond donors (Lipinski definition) is 2. The van der Waals surface area contributed by atoms with Crippen LogP contribution in [0.4, 0.5) is 0 Å². The summed E-state index contributed by atoms with van der Waals surface area (Å²) in [6.07, 6.45) is 21.4. The molecule has 0 aliphatic rings. The second-order valence-corrected chi connectivity index (χ2v) is 6.94. The SMILES string of the molecule is CCCCCCCC/C=C\CCCCCCCC(=O)OC(N)CCN. The monoisotopic (exact) mass is 354 g/mol. The van der Waals surface area contributed by atoms with E-state index in [-0.39, 0.29) is 5.97 Å². The zero-order valence-electron chi connectivity index (χ0n) is 16.5. The van der Waals surface area contributed by atoms with Gasteiger partial charge < -0.3 is 10.5 Å². The average Bonchev–Trinajstić information content (AvgIpc) is 2.58. The van der Waals surface area contributed by atoms with Crippen molar-refractivity contribution in [1.82, 2.24) is 0 Å². The van der Waals surface area contributed by atoms with Gasteiger partial charge in [-0.2, -0.15) is 0 Å². The van der Waals surface area contributed by atoms with E-state index >= 15 is 0 Å². The van der Waals surface area contributed by atoms with Gasteiger partial charge in [0, 0.05) is 12.8 Å². The summed E-state index contributed by atoms with van der Waals surface area (Å²) >= 11 is 0. The van der Waals surface area contributed by atoms with Crippen molar-refractivity contribution in [3.8, 4) is 0 Å². The number of ether oxygens (including phenoxy) is 1. The summed E-state index contributed by atoms with van der Waals surface area (Å²) in [7, 11) is 0. The van der Waals surface area contributed by atoms with Gasteiger partial charge >= 0.3 is 5.97 Å². The van der Waals surface area contributed by atoms with E-state index in [0.717, 1.165) is 12.8 Å². The maximum absolute atomic E-state index is 11.5. The van der Waals surface area contributed by atoms with Gasteiger partial charge in [0.2, 0.25) is 0 Å². The molecule has 1 atom stereocenters. The van der Waals surface area contributed by atoms with Crippen LogP contribution in [0, 0.1) is 0 Å². The fourth-order valence-electron chi connectivity index (χ4n) is 2.79. The van der Waals surface area contributed by atoms with E-state index in [9.17, 15) is 4.79 Å². The third kappa shape index (κ3) is 19.3. The minimum atomic E-state index is -0.541. The highest BCUT2D eigenvalue weighted by molar-refractivity contribution is 5.69. The quantitative estimate of drug-likeness (QED) is 0.153. The highest BCUT2D eigenvalue weighted by atomic mass is 16.6. The largest absolute Gasteiger partial charge is 0.447 e. The van der Waals surface area contributed by atoms with E-state index in [0.29, 0.717) is 19.4 Å². The van der Waals surface area contributed by atoms with Crippen LogP contribution in [0.5, 0.6) is 0 Å². The van der Waals surface area contributed by atoms with Crippen LogP contribution in [0.1, 0.15) is 103 Å². The molecular formula is C21H42N2O2. The van der Waals surface area contributed by atoms with E-state index in [1.165, 1.54) is 70.6 Å². The highest BCUT2D eigenvalue weighted by Crippen LogP contribution is 2.10. The second-order valence-electron chi connectivity index (χ2n) is 6.94. The van der Waals surface area contributed by atoms with Crippen molar-refractivity contribution in [3.05, 3.63) is 12.2 Å². The van der Waals surface area contributed by atoms with E-state index in [2.05, 4.69) is 19.1 Å². The molecule has 4 N–H and O–H groups in total. The number of carbonyl (C=O) groups excluding carboxylic acids is 1. The molecule has 0 fully saturated rings. The fraction of sp³-hybridized carbons (Fsp3) is 0.857. The van der Waals surface area contributed by atoms with E-state index in [1.807, 2.05) is 0 Å². The molecule has 25 heavy (non-hydrogen) atoms. The van der Waals surface area contributed by atoms with Gasteiger partial charge in [-0.05, 0) is 38.6 Å². The second kappa shape index (κ2) is 19.5. The Kier molecular flexibility index (Phi) is 18.8. The summed E-state index contributed by atoms with van der Waals surface area (Å²) in [6, 6.07) is 0. The van der Waals surface area contributed by atoms with Crippen LogP contribution in [0.15, 0.2) is 12.2 Å². The summed E-state index contributed by atoms with van der Waals surface area (Å²) in [6.45, 7) is 2.71. The predicted octanol–water partition coefficient (Wildman–Crippen LogP) is 5.20. The molecule has 0 bridgehead atoms. The van der Waals surface area contributed by atoms with Crippen molar-refractivity contribution in [3.63, 3.8) is 0 Å².